The van der Waals surface area contributed by atoms with E-state index in [-0.39, 0.29) is 25.7 Å². The van der Waals surface area contributed by atoms with Gasteiger partial charge in [-0.3, -0.25) is 37.3 Å². The molecule has 0 radical (unpaired) electrons. The highest BCUT2D eigenvalue weighted by Crippen LogP contribution is 2.45. The van der Waals surface area contributed by atoms with Crippen molar-refractivity contribution in [3.05, 3.63) is 0 Å². The van der Waals surface area contributed by atoms with Crippen molar-refractivity contribution in [2.45, 2.75) is 342 Å². The fourth-order valence-electron chi connectivity index (χ4n) is 9.55. The molecule has 6 atom stereocenters. The second-order valence-electron chi connectivity index (χ2n) is 23.4. The van der Waals surface area contributed by atoms with Crippen LogP contribution in [0.2, 0.25) is 0 Å². The van der Waals surface area contributed by atoms with Gasteiger partial charge in [-0.1, -0.05) is 272 Å². The number of phosphoric acid groups is 2. The lowest BCUT2D eigenvalue weighted by Crippen LogP contribution is -2.30. The van der Waals surface area contributed by atoms with Gasteiger partial charge in [-0.2, -0.15) is 0 Å². The van der Waals surface area contributed by atoms with E-state index in [4.69, 9.17) is 37.0 Å². The standard InChI is InChI=1S/C64H124O17P2/c1-6-10-13-16-18-29-34-38-43-48-62(67)75-54-60(81-64(69)50-45-40-35-31-28-26-24-22-20-19-21-23-25-27-30-33-37-41-46-57(5)9-4)56-79-83(72,73)77-52-58(65)51-76-82(70,71)78-55-59(53-74-61(66)47-42-36-15-12-8-3)80-63(68)49-44-39-32-17-14-11-7-2/h57-60,65H,6-56H2,1-5H3,(H,70,71)(H,72,73)/t57?,58-,59+,60+/m0/s1. The molecule has 83 heavy (non-hydrogen) atoms. The zero-order valence-corrected chi connectivity index (χ0v) is 55.1. The Kier molecular flexibility index (Phi) is 56.4. The SMILES string of the molecule is CCCCCCCCCCCC(=O)OC[C@H](COP(=O)(O)OC[C@@H](O)COP(=O)(O)OC[C@@H](COC(=O)CCCCCCC)OC(=O)CCCCCCCCC)OC(=O)CCCCCCCCCCCCCCCCCCCCC(C)CC. The highest BCUT2D eigenvalue weighted by atomic mass is 31.2. The van der Waals surface area contributed by atoms with Crippen LogP contribution >= 0.6 is 15.6 Å². The zero-order valence-electron chi connectivity index (χ0n) is 53.3. The Morgan fingerprint density at radius 2 is 0.578 bits per heavy atom. The molecule has 17 nitrogen and oxygen atoms in total. The molecule has 0 rings (SSSR count). The monoisotopic (exact) mass is 1230 g/mol. The summed E-state index contributed by atoms with van der Waals surface area (Å²) in [5.74, 6) is -1.28. The number of rotatable bonds is 64. The number of carbonyl (C=O) groups excluding carboxylic acids is 4. The fraction of sp³-hybridized carbons (Fsp3) is 0.938. The van der Waals surface area contributed by atoms with E-state index in [1.165, 1.54) is 128 Å². The Morgan fingerprint density at radius 3 is 0.855 bits per heavy atom. The molecule has 0 fully saturated rings. The van der Waals surface area contributed by atoms with Crippen LogP contribution in [0.3, 0.4) is 0 Å². The van der Waals surface area contributed by atoms with Gasteiger partial charge in [0.15, 0.2) is 12.2 Å². The quantitative estimate of drug-likeness (QED) is 0.0222. The van der Waals surface area contributed by atoms with Gasteiger partial charge in [-0.15, -0.1) is 0 Å². The van der Waals surface area contributed by atoms with Crippen LogP contribution in [0, 0.1) is 5.92 Å². The molecule has 492 valence electrons. The van der Waals surface area contributed by atoms with Crippen LogP contribution in [0.1, 0.15) is 324 Å². The number of ether oxygens (including phenoxy) is 4. The number of hydrogen-bond acceptors (Lipinski definition) is 15. The van der Waals surface area contributed by atoms with E-state index in [2.05, 4.69) is 34.6 Å². The number of esters is 4. The first kappa shape index (κ1) is 81.1. The van der Waals surface area contributed by atoms with Crippen molar-refractivity contribution in [1.82, 2.24) is 0 Å². The van der Waals surface area contributed by atoms with Crippen molar-refractivity contribution >= 4 is 39.5 Å². The maximum atomic E-state index is 13.0. The summed E-state index contributed by atoms with van der Waals surface area (Å²) in [4.78, 5) is 71.7. The molecule has 0 amide bonds. The Labute approximate surface area is 505 Å². The summed E-state index contributed by atoms with van der Waals surface area (Å²) in [5.41, 5.74) is 0. The van der Waals surface area contributed by atoms with Crippen LogP contribution in [-0.2, 0) is 65.4 Å². The third-order valence-electron chi connectivity index (χ3n) is 15.1. The van der Waals surface area contributed by atoms with E-state index in [1.807, 2.05) is 0 Å². The average Bonchev–Trinajstić information content (AvgIpc) is 3.49. The van der Waals surface area contributed by atoms with Crippen molar-refractivity contribution in [2.75, 3.05) is 39.6 Å². The Hall–Kier alpha value is -1.94. The van der Waals surface area contributed by atoms with Crippen LogP contribution in [0.25, 0.3) is 0 Å². The van der Waals surface area contributed by atoms with E-state index in [9.17, 15) is 43.2 Å². The molecule has 0 saturated heterocycles. The lowest BCUT2D eigenvalue weighted by Gasteiger charge is -2.21. The normalized spacial score (nSPS) is 14.6. The third kappa shape index (κ3) is 57.6. The number of aliphatic hydroxyl groups excluding tert-OH is 1. The minimum absolute atomic E-state index is 0.103. The van der Waals surface area contributed by atoms with Gasteiger partial charge < -0.3 is 33.8 Å². The van der Waals surface area contributed by atoms with Gasteiger partial charge in [0, 0.05) is 25.7 Å². The molecule has 0 aliphatic heterocycles. The summed E-state index contributed by atoms with van der Waals surface area (Å²) in [6.07, 6.45) is 42.4. The second kappa shape index (κ2) is 57.8. The van der Waals surface area contributed by atoms with Crippen LogP contribution in [0.15, 0.2) is 0 Å². The minimum atomic E-state index is -4.94. The number of aliphatic hydroxyl groups is 1. The molecule has 0 aromatic carbocycles. The lowest BCUT2D eigenvalue weighted by atomic mass is 9.99. The summed E-state index contributed by atoms with van der Waals surface area (Å²) in [5, 5.41) is 10.5. The van der Waals surface area contributed by atoms with Crippen molar-refractivity contribution in [3.8, 4) is 0 Å². The number of phosphoric ester groups is 2. The van der Waals surface area contributed by atoms with Gasteiger partial charge >= 0.3 is 39.5 Å². The first-order valence-electron chi connectivity index (χ1n) is 33.7. The molecule has 0 aromatic heterocycles. The van der Waals surface area contributed by atoms with Crippen LogP contribution < -0.4 is 0 Å². The fourth-order valence-corrected chi connectivity index (χ4v) is 11.1. The summed E-state index contributed by atoms with van der Waals surface area (Å²) in [6.45, 7) is 7.11. The maximum absolute atomic E-state index is 13.0. The molecule has 3 N–H and O–H groups in total. The number of unbranched alkanes of at least 4 members (excludes halogenated alkanes) is 35. The Morgan fingerprint density at radius 1 is 0.337 bits per heavy atom. The number of carbonyl (C=O) groups is 4. The summed E-state index contributed by atoms with van der Waals surface area (Å²) >= 11 is 0. The molecular weight excluding hydrogens is 1100 g/mol. The number of hydrogen-bond donors (Lipinski definition) is 3. The van der Waals surface area contributed by atoms with Gasteiger partial charge in [0.1, 0.15) is 19.3 Å². The molecule has 0 saturated carbocycles. The highest BCUT2D eigenvalue weighted by molar-refractivity contribution is 7.47. The Bertz CT molecular complexity index is 1620. The average molecular weight is 1230 g/mol. The van der Waals surface area contributed by atoms with E-state index in [1.54, 1.807) is 0 Å². The predicted molar refractivity (Wildman–Crippen MR) is 331 cm³/mol. The van der Waals surface area contributed by atoms with E-state index < -0.39 is 97.5 Å². The van der Waals surface area contributed by atoms with Crippen LogP contribution in [0.5, 0.6) is 0 Å². The molecule has 0 aromatic rings. The van der Waals surface area contributed by atoms with Gasteiger partial charge in [-0.25, -0.2) is 9.13 Å². The molecule has 0 spiro atoms. The van der Waals surface area contributed by atoms with Crippen molar-refractivity contribution in [3.63, 3.8) is 0 Å². The maximum Gasteiger partial charge on any atom is 0.472 e. The summed E-state index contributed by atoms with van der Waals surface area (Å²) < 4.78 is 67.6. The van der Waals surface area contributed by atoms with Gasteiger partial charge in [0.05, 0.1) is 26.4 Å². The lowest BCUT2D eigenvalue weighted by molar-refractivity contribution is -0.161. The largest absolute Gasteiger partial charge is 0.472 e. The molecule has 0 aliphatic rings. The Balaban J connectivity index is 5.01. The summed E-state index contributed by atoms with van der Waals surface area (Å²) in [7, 11) is -9.87. The van der Waals surface area contributed by atoms with Gasteiger partial charge in [-0.05, 0) is 31.6 Å². The van der Waals surface area contributed by atoms with Crippen molar-refractivity contribution in [1.29, 1.82) is 0 Å². The minimum Gasteiger partial charge on any atom is -0.462 e. The van der Waals surface area contributed by atoms with Crippen molar-refractivity contribution < 1.29 is 80.2 Å². The van der Waals surface area contributed by atoms with Gasteiger partial charge in [0.2, 0.25) is 0 Å². The predicted octanol–water partition coefficient (Wildman–Crippen LogP) is 17.8. The van der Waals surface area contributed by atoms with Crippen LogP contribution in [-0.4, -0.2) is 96.7 Å². The molecule has 0 bridgehead atoms. The third-order valence-corrected chi connectivity index (χ3v) is 17.0. The summed E-state index contributed by atoms with van der Waals surface area (Å²) in [6, 6.07) is 0. The smallest absolute Gasteiger partial charge is 0.462 e. The second-order valence-corrected chi connectivity index (χ2v) is 26.3. The van der Waals surface area contributed by atoms with E-state index >= 15 is 0 Å². The molecule has 0 aliphatic carbocycles. The first-order valence-corrected chi connectivity index (χ1v) is 36.7. The van der Waals surface area contributed by atoms with E-state index in [0.717, 1.165) is 115 Å². The van der Waals surface area contributed by atoms with Crippen molar-refractivity contribution in [2.24, 2.45) is 5.92 Å². The van der Waals surface area contributed by atoms with Crippen LogP contribution in [0.4, 0.5) is 0 Å². The zero-order chi connectivity index (χ0) is 61.3. The molecule has 0 heterocycles. The molecular formula is C64H124O17P2. The topological polar surface area (TPSA) is 237 Å². The van der Waals surface area contributed by atoms with E-state index in [0.29, 0.717) is 25.7 Å². The first-order chi connectivity index (χ1) is 40.1. The highest BCUT2D eigenvalue weighted by Gasteiger charge is 2.30. The molecule has 19 heteroatoms. The molecule has 3 unspecified atom stereocenters. The van der Waals surface area contributed by atoms with Gasteiger partial charge in [0.25, 0.3) is 0 Å².